The highest BCUT2D eigenvalue weighted by Crippen LogP contribution is 2.30. The number of nitro groups is 1. The molecular formula is C11H12F2N2O3. The lowest BCUT2D eigenvalue weighted by Gasteiger charge is -2.24. The minimum Gasteiger partial charge on any atom is -0.379 e. The van der Waals surface area contributed by atoms with E-state index in [9.17, 15) is 18.9 Å². The Labute approximate surface area is 102 Å². The zero-order chi connectivity index (χ0) is 13.1. The molecule has 1 fully saturated rings. The highest BCUT2D eigenvalue weighted by molar-refractivity contribution is 5.63. The quantitative estimate of drug-likeness (QED) is 0.668. The molecule has 1 aromatic carbocycles. The summed E-state index contributed by atoms with van der Waals surface area (Å²) in [5.41, 5.74) is -0.880. The van der Waals surface area contributed by atoms with Gasteiger partial charge in [0, 0.05) is 18.7 Å². The van der Waals surface area contributed by atoms with Gasteiger partial charge in [0.2, 0.25) is 0 Å². The van der Waals surface area contributed by atoms with Crippen molar-refractivity contribution >= 4 is 11.4 Å². The van der Waals surface area contributed by atoms with Crippen LogP contribution in [0.3, 0.4) is 0 Å². The molecule has 7 heteroatoms. The normalized spacial score (nSPS) is 19.6. The molecular weight excluding hydrogens is 246 g/mol. The number of nitrogens with one attached hydrogen (secondary N) is 1. The van der Waals surface area contributed by atoms with Gasteiger partial charge in [0.15, 0.2) is 17.3 Å². The highest BCUT2D eigenvalue weighted by atomic mass is 19.2. The van der Waals surface area contributed by atoms with Gasteiger partial charge in [0.1, 0.15) is 0 Å². The lowest BCUT2D eigenvalue weighted by molar-refractivity contribution is -0.384. The molecule has 0 amide bonds. The van der Waals surface area contributed by atoms with Crippen molar-refractivity contribution in [2.24, 2.45) is 0 Å². The van der Waals surface area contributed by atoms with Crippen LogP contribution in [0.1, 0.15) is 12.8 Å². The van der Waals surface area contributed by atoms with E-state index in [0.717, 1.165) is 18.6 Å². The van der Waals surface area contributed by atoms with Crippen molar-refractivity contribution in [1.29, 1.82) is 0 Å². The molecule has 2 rings (SSSR count). The third kappa shape index (κ3) is 2.56. The van der Waals surface area contributed by atoms with Crippen LogP contribution in [0.2, 0.25) is 0 Å². The van der Waals surface area contributed by atoms with Gasteiger partial charge in [0.05, 0.1) is 11.5 Å². The largest absolute Gasteiger partial charge is 0.379 e. The molecule has 5 nitrogen and oxygen atoms in total. The molecule has 0 radical (unpaired) electrons. The van der Waals surface area contributed by atoms with Gasteiger partial charge in [-0.25, -0.2) is 8.78 Å². The van der Waals surface area contributed by atoms with E-state index in [1.807, 2.05) is 0 Å². The summed E-state index contributed by atoms with van der Waals surface area (Å²) in [7, 11) is 0. The number of halogens is 2. The molecule has 1 aromatic rings. The number of nitro benzene ring substituents is 1. The summed E-state index contributed by atoms with van der Waals surface area (Å²) in [6.45, 7) is 0.943. The monoisotopic (exact) mass is 258 g/mol. The molecule has 98 valence electrons. The van der Waals surface area contributed by atoms with Crippen molar-refractivity contribution in [3.63, 3.8) is 0 Å². The van der Waals surface area contributed by atoms with Crippen molar-refractivity contribution in [3.05, 3.63) is 33.9 Å². The average Bonchev–Trinajstić information content (AvgIpc) is 2.36. The van der Waals surface area contributed by atoms with Crippen molar-refractivity contribution in [2.75, 3.05) is 18.5 Å². The summed E-state index contributed by atoms with van der Waals surface area (Å²) < 4.78 is 31.9. The molecule has 1 heterocycles. The molecule has 0 saturated carbocycles. The maximum absolute atomic E-state index is 13.6. The van der Waals surface area contributed by atoms with Crippen LogP contribution in [0.4, 0.5) is 20.2 Å². The van der Waals surface area contributed by atoms with E-state index in [1.54, 1.807) is 0 Å². The number of hydrogen-bond donors (Lipinski definition) is 1. The standard InChI is InChI=1S/C11H12F2N2O3/c12-8-3-4-9(15(16)17)11(10(8)13)14-7-2-1-5-18-6-7/h3-4,7,14H,1-2,5-6H2. The Hall–Kier alpha value is -1.76. The first-order valence-electron chi connectivity index (χ1n) is 5.56. The molecule has 1 saturated heterocycles. The Kier molecular flexibility index (Phi) is 3.71. The van der Waals surface area contributed by atoms with Crippen molar-refractivity contribution in [1.82, 2.24) is 0 Å². The van der Waals surface area contributed by atoms with Gasteiger partial charge in [-0.05, 0) is 18.9 Å². The summed E-state index contributed by atoms with van der Waals surface area (Å²) in [4.78, 5) is 10.0. The summed E-state index contributed by atoms with van der Waals surface area (Å²) in [5.74, 6) is -2.34. The van der Waals surface area contributed by atoms with Crippen LogP contribution in [0.5, 0.6) is 0 Å². The van der Waals surface area contributed by atoms with E-state index in [1.165, 1.54) is 0 Å². The van der Waals surface area contributed by atoms with E-state index in [0.29, 0.717) is 19.6 Å². The predicted octanol–water partition coefficient (Wildman–Crippen LogP) is 2.46. The van der Waals surface area contributed by atoms with E-state index in [2.05, 4.69) is 5.32 Å². The van der Waals surface area contributed by atoms with Gasteiger partial charge in [0.25, 0.3) is 5.69 Å². The van der Waals surface area contributed by atoms with Crippen molar-refractivity contribution < 1.29 is 18.4 Å². The smallest absolute Gasteiger partial charge is 0.295 e. The number of benzene rings is 1. The molecule has 18 heavy (non-hydrogen) atoms. The van der Waals surface area contributed by atoms with Gasteiger partial charge in [-0.2, -0.15) is 0 Å². The van der Waals surface area contributed by atoms with Crippen LogP contribution in [0.25, 0.3) is 0 Å². The van der Waals surface area contributed by atoms with Gasteiger partial charge in [-0.15, -0.1) is 0 Å². The Morgan fingerprint density at radius 3 is 2.83 bits per heavy atom. The Bertz CT molecular complexity index is 462. The van der Waals surface area contributed by atoms with Gasteiger partial charge in [-0.1, -0.05) is 0 Å². The molecule has 0 spiro atoms. The van der Waals surface area contributed by atoms with E-state index in [-0.39, 0.29) is 6.04 Å². The lowest BCUT2D eigenvalue weighted by Crippen LogP contribution is -2.30. The lowest BCUT2D eigenvalue weighted by atomic mass is 10.1. The van der Waals surface area contributed by atoms with Gasteiger partial charge < -0.3 is 10.1 Å². The van der Waals surface area contributed by atoms with Crippen LogP contribution in [-0.2, 0) is 4.74 Å². The van der Waals surface area contributed by atoms with E-state index < -0.39 is 27.9 Å². The number of ether oxygens (including phenoxy) is 1. The number of hydrogen-bond acceptors (Lipinski definition) is 4. The van der Waals surface area contributed by atoms with Crippen LogP contribution in [-0.4, -0.2) is 24.2 Å². The molecule has 1 unspecified atom stereocenters. The second kappa shape index (κ2) is 5.26. The topological polar surface area (TPSA) is 64.4 Å². The molecule has 1 aliphatic heterocycles. The van der Waals surface area contributed by atoms with Crippen LogP contribution >= 0.6 is 0 Å². The van der Waals surface area contributed by atoms with Crippen LogP contribution in [0.15, 0.2) is 12.1 Å². The maximum atomic E-state index is 13.6. The fourth-order valence-corrected chi connectivity index (χ4v) is 1.89. The van der Waals surface area contributed by atoms with E-state index in [4.69, 9.17) is 4.74 Å². The third-order valence-corrected chi connectivity index (χ3v) is 2.78. The van der Waals surface area contributed by atoms with Crippen LogP contribution < -0.4 is 5.32 Å². The van der Waals surface area contributed by atoms with E-state index >= 15 is 0 Å². The summed E-state index contributed by atoms with van der Waals surface area (Å²) >= 11 is 0. The first-order valence-corrected chi connectivity index (χ1v) is 5.56. The number of anilines is 1. The van der Waals surface area contributed by atoms with Crippen molar-refractivity contribution in [2.45, 2.75) is 18.9 Å². The Balaban J connectivity index is 2.29. The molecule has 0 aromatic heterocycles. The fraction of sp³-hybridized carbons (Fsp3) is 0.455. The SMILES string of the molecule is O=[N+]([O-])c1ccc(F)c(F)c1NC1CCCOC1. The zero-order valence-electron chi connectivity index (χ0n) is 9.49. The molecule has 1 atom stereocenters. The van der Waals surface area contributed by atoms with Gasteiger partial charge in [-0.3, -0.25) is 10.1 Å². The van der Waals surface area contributed by atoms with Crippen LogP contribution in [0, 0.1) is 21.7 Å². The van der Waals surface area contributed by atoms with Gasteiger partial charge >= 0.3 is 0 Å². The minimum absolute atomic E-state index is 0.242. The number of rotatable bonds is 3. The second-order valence-electron chi connectivity index (χ2n) is 4.07. The zero-order valence-corrected chi connectivity index (χ0v) is 9.49. The van der Waals surface area contributed by atoms with Crippen molar-refractivity contribution in [3.8, 4) is 0 Å². The second-order valence-corrected chi connectivity index (χ2v) is 4.07. The molecule has 1 aliphatic rings. The Morgan fingerprint density at radius 1 is 1.44 bits per heavy atom. The third-order valence-electron chi connectivity index (χ3n) is 2.78. The first kappa shape index (κ1) is 12.7. The Morgan fingerprint density at radius 2 is 2.22 bits per heavy atom. The first-order chi connectivity index (χ1) is 8.59. The summed E-state index contributed by atoms with van der Waals surface area (Å²) in [5, 5.41) is 13.4. The summed E-state index contributed by atoms with van der Waals surface area (Å²) in [6.07, 6.45) is 1.48. The minimum atomic E-state index is -1.23. The average molecular weight is 258 g/mol. The molecule has 1 N–H and O–H groups in total. The highest BCUT2D eigenvalue weighted by Gasteiger charge is 2.24. The maximum Gasteiger partial charge on any atom is 0.295 e. The fourth-order valence-electron chi connectivity index (χ4n) is 1.89. The predicted molar refractivity (Wildman–Crippen MR) is 60.5 cm³/mol. The molecule has 0 bridgehead atoms. The molecule has 0 aliphatic carbocycles. The summed E-state index contributed by atoms with van der Waals surface area (Å²) in [6, 6.07) is 1.45. The number of nitrogens with zero attached hydrogens (tertiary/aromatic N) is 1.